The average molecular weight is 226 g/mol. The molecular formula is C10H14N2O2S. The predicted octanol–water partition coefficient (Wildman–Crippen LogP) is 0.879. The lowest BCUT2D eigenvalue weighted by Crippen LogP contribution is -2.12. The molecule has 0 aliphatic carbocycles. The van der Waals surface area contributed by atoms with Gasteiger partial charge in [0, 0.05) is 13.3 Å². The van der Waals surface area contributed by atoms with E-state index in [4.69, 9.17) is 27.4 Å². The van der Waals surface area contributed by atoms with E-state index in [1.807, 2.05) is 12.1 Å². The molecule has 0 spiro atoms. The smallest absolute Gasteiger partial charge is 0.122 e. The van der Waals surface area contributed by atoms with Gasteiger partial charge < -0.3 is 15.2 Å². The molecule has 0 bridgehead atoms. The van der Waals surface area contributed by atoms with Crippen LogP contribution in [-0.4, -0.2) is 30.3 Å². The Hall–Kier alpha value is -1.04. The van der Waals surface area contributed by atoms with E-state index in [1.54, 1.807) is 13.3 Å². The van der Waals surface area contributed by atoms with Crippen LogP contribution in [-0.2, 0) is 16.1 Å². The molecule has 0 aromatic carbocycles. The Labute approximate surface area is 94.4 Å². The second kappa shape index (κ2) is 6.44. The van der Waals surface area contributed by atoms with E-state index in [2.05, 4.69) is 4.98 Å². The van der Waals surface area contributed by atoms with Gasteiger partial charge in [0.1, 0.15) is 4.99 Å². The van der Waals surface area contributed by atoms with Gasteiger partial charge in [-0.1, -0.05) is 12.2 Å². The molecule has 0 saturated heterocycles. The van der Waals surface area contributed by atoms with Crippen LogP contribution in [0.3, 0.4) is 0 Å². The summed E-state index contributed by atoms with van der Waals surface area (Å²) in [6, 6.07) is 3.70. The minimum absolute atomic E-state index is 0.300. The summed E-state index contributed by atoms with van der Waals surface area (Å²) in [5.74, 6) is 0. The highest BCUT2D eigenvalue weighted by Crippen LogP contribution is 2.03. The van der Waals surface area contributed by atoms with Gasteiger partial charge in [0.25, 0.3) is 0 Å². The van der Waals surface area contributed by atoms with Crippen LogP contribution in [0.2, 0.25) is 0 Å². The van der Waals surface area contributed by atoms with Gasteiger partial charge in [0.15, 0.2) is 0 Å². The highest BCUT2D eigenvalue weighted by atomic mass is 32.1. The maximum atomic E-state index is 5.47. The lowest BCUT2D eigenvalue weighted by molar-refractivity contribution is 0.0616. The fourth-order valence-corrected chi connectivity index (χ4v) is 1.14. The molecule has 15 heavy (non-hydrogen) atoms. The van der Waals surface area contributed by atoms with E-state index < -0.39 is 0 Å². The summed E-state index contributed by atoms with van der Waals surface area (Å²) in [6.45, 7) is 1.68. The quantitative estimate of drug-likeness (QED) is 0.576. The van der Waals surface area contributed by atoms with Gasteiger partial charge in [-0.05, 0) is 17.7 Å². The van der Waals surface area contributed by atoms with E-state index in [0.29, 0.717) is 30.5 Å². The van der Waals surface area contributed by atoms with Gasteiger partial charge >= 0.3 is 0 Å². The van der Waals surface area contributed by atoms with Gasteiger partial charge in [0.2, 0.25) is 0 Å². The number of hydrogen-bond donors (Lipinski definition) is 1. The SMILES string of the molecule is COCCOCc1ccnc(C(N)=S)c1. The summed E-state index contributed by atoms with van der Waals surface area (Å²) in [5, 5.41) is 0. The van der Waals surface area contributed by atoms with Crippen LogP contribution in [0.5, 0.6) is 0 Å². The molecule has 0 atom stereocenters. The molecule has 0 aliphatic heterocycles. The van der Waals surface area contributed by atoms with Crippen LogP contribution >= 0.6 is 12.2 Å². The molecule has 0 saturated carbocycles. The van der Waals surface area contributed by atoms with Crippen molar-refractivity contribution >= 4 is 17.2 Å². The maximum Gasteiger partial charge on any atom is 0.122 e. The number of nitrogens with zero attached hydrogens (tertiary/aromatic N) is 1. The molecule has 2 N–H and O–H groups in total. The Morgan fingerprint density at radius 3 is 3.00 bits per heavy atom. The molecule has 0 radical (unpaired) electrons. The van der Waals surface area contributed by atoms with E-state index >= 15 is 0 Å². The summed E-state index contributed by atoms with van der Waals surface area (Å²) >= 11 is 4.83. The minimum atomic E-state index is 0.300. The molecular weight excluding hydrogens is 212 g/mol. The van der Waals surface area contributed by atoms with Gasteiger partial charge in [-0.15, -0.1) is 0 Å². The van der Waals surface area contributed by atoms with Crippen LogP contribution in [0.15, 0.2) is 18.3 Å². The molecule has 0 unspecified atom stereocenters. The number of hydrogen-bond acceptors (Lipinski definition) is 4. The molecule has 1 aromatic heterocycles. The second-order valence-electron chi connectivity index (χ2n) is 2.96. The van der Waals surface area contributed by atoms with E-state index in [9.17, 15) is 0 Å². The molecule has 1 aromatic rings. The first-order chi connectivity index (χ1) is 7.24. The third-order valence-electron chi connectivity index (χ3n) is 1.78. The maximum absolute atomic E-state index is 5.47. The highest BCUT2D eigenvalue weighted by Gasteiger charge is 1.99. The summed E-state index contributed by atoms with van der Waals surface area (Å²) in [7, 11) is 1.64. The molecule has 0 amide bonds. The van der Waals surface area contributed by atoms with Gasteiger partial charge in [-0.2, -0.15) is 0 Å². The van der Waals surface area contributed by atoms with Crippen molar-refractivity contribution in [2.24, 2.45) is 5.73 Å². The van der Waals surface area contributed by atoms with Crippen LogP contribution in [0.4, 0.5) is 0 Å². The summed E-state index contributed by atoms with van der Waals surface area (Å²) in [5.41, 5.74) is 7.09. The zero-order valence-electron chi connectivity index (χ0n) is 8.60. The number of pyridine rings is 1. The second-order valence-corrected chi connectivity index (χ2v) is 3.40. The van der Waals surface area contributed by atoms with Crippen molar-refractivity contribution in [2.45, 2.75) is 6.61 Å². The number of methoxy groups -OCH3 is 1. The Morgan fingerprint density at radius 2 is 2.33 bits per heavy atom. The fourth-order valence-electron chi connectivity index (χ4n) is 1.03. The fraction of sp³-hybridized carbons (Fsp3) is 0.400. The molecule has 0 fully saturated rings. The summed E-state index contributed by atoms with van der Waals surface area (Å²) in [6.07, 6.45) is 1.67. The Morgan fingerprint density at radius 1 is 1.53 bits per heavy atom. The van der Waals surface area contributed by atoms with Crippen molar-refractivity contribution in [3.63, 3.8) is 0 Å². The Bertz CT molecular complexity index is 331. The summed E-state index contributed by atoms with van der Waals surface area (Å²) in [4.78, 5) is 4.34. The zero-order chi connectivity index (χ0) is 11.1. The van der Waals surface area contributed by atoms with Crippen LogP contribution < -0.4 is 5.73 Å². The van der Waals surface area contributed by atoms with Crippen molar-refractivity contribution in [2.75, 3.05) is 20.3 Å². The number of ether oxygens (including phenoxy) is 2. The van der Waals surface area contributed by atoms with Crippen molar-refractivity contribution < 1.29 is 9.47 Å². The van der Waals surface area contributed by atoms with Crippen LogP contribution in [0.1, 0.15) is 11.3 Å². The summed E-state index contributed by atoms with van der Waals surface area (Å²) < 4.78 is 10.2. The molecule has 4 nitrogen and oxygen atoms in total. The predicted molar refractivity (Wildman–Crippen MR) is 61.7 cm³/mol. The van der Waals surface area contributed by atoms with Crippen molar-refractivity contribution in [1.29, 1.82) is 0 Å². The number of aromatic nitrogens is 1. The van der Waals surface area contributed by atoms with Crippen LogP contribution in [0.25, 0.3) is 0 Å². The monoisotopic (exact) mass is 226 g/mol. The number of thiocarbonyl (C=S) groups is 1. The van der Waals surface area contributed by atoms with Crippen molar-refractivity contribution in [3.05, 3.63) is 29.6 Å². The third kappa shape index (κ3) is 4.33. The molecule has 82 valence electrons. The van der Waals surface area contributed by atoms with E-state index in [0.717, 1.165) is 5.56 Å². The standard InChI is InChI=1S/C10H14N2O2S/c1-13-4-5-14-7-8-2-3-12-9(6-8)10(11)15/h2-3,6H,4-5,7H2,1H3,(H2,11,15). The Kier molecular flexibility index (Phi) is 5.17. The lowest BCUT2D eigenvalue weighted by Gasteiger charge is -2.04. The number of nitrogens with two attached hydrogens (primary N) is 1. The zero-order valence-corrected chi connectivity index (χ0v) is 9.42. The topological polar surface area (TPSA) is 57.4 Å². The van der Waals surface area contributed by atoms with Crippen LogP contribution in [0, 0.1) is 0 Å². The van der Waals surface area contributed by atoms with Crippen molar-refractivity contribution in [1.82, 2.24) is 4.98 Å². The normalized spacial score (nSPS) is 10.2. The molecule has 1 heterocycles. The molecule has 5 heteroatoms. The van der Waals surface area contributed by atoms with E-state index in [-0.39, 0.29) is 0 Å². The first-order valence-electron chi connectivity index (χ1n) is 4.55. The molecule has 0 aliphatic rings. The first-order valence-corrected chi connectivity index (χ1v) is 4.96. The van der Waals surface area contributed by atoms with Gasteiger partial charge in [-0.25, -0.2) is 0 Å². The molecule has 1 rings (SSSR count). The van der Waals surface area contributed by atoms with Gasteiger partial charge in [0.05, 0.1) is 25.5 Å². The van der Waals surface area contributed by atoms with Gasteiger partial charge in [-0.3, -0.25) is 4.98 Å². The van der Waals surface area contributed by atoms with Crippen molar-refractivity contribution in [3.8, 4) is 0 Å². The third-order valence-corrected chi connectivity index (χ3v) is 1.99. The largest absolute Gasteiger partial charge is 0.388 e. The lowest BCUT2D eigenvalue weighted by atomic mass is 10.2. The van der Waals surface area contributed by atoms with E-state index in [1.165, 1.54) is 0 Å². The number of rotatable bonds is 6. The minimum Gasteiger partial charge on any atom is -0.388 e. The highest BCUT2D eigenvalue weighted by molar-refractivity contribution is 7.80. The first kappa shape index (κ1) is 12.0. The Balaban J connectivity index is 2.47. The average Bonchev–Trinajstić information content (AvgIpc) is 2.25.